The first-order valence-electron chi connectivity index (χ1n) is 7.27. The molecule has 106 valence electrons. The first-order chi connectivity index (χ1) is 9.19. The van der Waals surface area contributed by atoms with Crippen LogP contribution in [-0.2, 0) is 6.42 Å². The van der Waals surface area contributed by atoms with Crippen LogP contribution < -0.4 is 4.74 Å². The molecule has 0 amide bonds. The zero-order valence-corrected chi connectivity index (χ0v) is 12.0. The minimum atomic E-state index is -0.160. The Labute approximate surface area is 116 Å². The molecule has 1 N–H and O–H groups in total. The molecule has 3 heteroatoms. The third-order valence-corrected chi connectivity index (χ3v) is 3.79. The van der Waals surface area contributed by atoms with Crippen molar-refractivity contribution in [1.82, 2.24) is 4.90 Å². The molecule has 2 unspecified atom stereocenters. The normalized spacial score (nSPS) is 24.4. The van der Waals surface area contributed by atoms with Gasteiger partial charge in [-0.15, -0.1) is 0 Å². The number of ether oxygens (including phenoxy) is 1. The van der Waals surface area contributed by atoms with E-state index in [0.29, 0.717) is 5.92 Å². The lowest BCUT2D eigenvalue weighted by Crippen LogP contribution is -2.41. The van der Waals surface area contributed by atoms with Crippen molar-refractivity contribution in [1.29, 1.82) is 0 Å². The summed E-state index contributed by atoms with van der Waals surface area (Å²) in [5.74, 6) is 1.29. The molecule has 0 radical (unpaired) electrons. The summed E-state index contributed by atoms with van der Waals surface area (Å²) in [7, 11) is 2.13. The van der Waals surface area contributed by atoms with Gasteiger partial charge in [0.05, 0.1) is 12.7 Å². The number of hydrogen-bond donors (Lipinski definition) is 1. The van der Waals surface area contributed by atoms with Crippen LogP contribution in [0.1, 0.15) is 25.3 Å². The summed E-state index contributed by atoms with van der Waals surface area (Å²) < 4.78 is 5.58. The van der Waals surface area contributed by atoms with E-state index in [1.165, 1.54) is 5.56 Å². The second-order valence-electron chi connectivity index (χ2n) is 5.57. The van der Waals surface area contributed by atoms with Gasteiger partial charge in [-0.3, -0.25) is 0 Å². The Kier molecular flexibility index (Phi) is 5.23. The molecule has 2 rings (SSSR count). The summed E-state index contributed by atoms with van der Waals surface area (Å²) in [4.78, 5) is 2.30. The van der Waals surface area contributed by atoms with Crippen LogP contribution in [0.5, 0.6) is 5.75 Å². The Morgan fingerprint density at radius 3 is 2.74 bits per heavy atom. The predicted molar refractivity (Wildman–Crippen MR) is 77.5 cm³/mol. The van der Waals surface area contributed by atoms with Crippen LogP contribution in [-0.4, -0.2) is 42.9 Å². The topological polar surface area (TPSA) is 32.7 Å². The van der Waals surface area contributed by atoms with E-state index in [2.05, 4.69) is 31.0 Å². The largest absolute Gasteiger partial charge is 0.494 e. The smallest absolute Gasteiger partial charge is 0.119 e. The maximum atomic E-state index is 10.1. The Balaban J connectivity index is 1.91. The van der Waals surface area contributed by atoms with Crippen LogP contribution in [0.4, 0.5) is 0 Å². The molecule has 3 nitrogen and oxygen atoms in total. The van der Waals surface area contributed by atoms with Crippen molar-refractivity contribution in [3.05, 3.63) is 29.8 Å². The van der Waals surface area contributed by atoms with E-state index in [0.717, 1.165) is 44.7 Å². The first kappa shape index (κ1) is 14.4. The Bertz CT molecular complexity index is 377. The second-order valence-corrected chi connectivity index (χ2v) is 5.57. The third-order valence-electron chi connectivity index (χ3n) is 3.79. The Hall–Kier alpha value is -1.06. The van der Waals surface area contributed by atoms with Gasteiger partial charge in [-0.05, 0) is 44.0 Å². The number of aliphatic hydroxyl groups excluding tert-OH is 1. The minimum absolute atomic E-state index is 0.160. The maximum absolute atomic E-state index is 10.1. The lowest BCUT2D eigenvalue weighted by molar-refractivity contribution is 0.0366. The van der Waals surface area contributed by atoms with Crippen molar-refractivity contribution in [2.75, 3.05) is 26.7 Å². The summed E-state index contributed by atoms with van der Waals surface area (Å²) in [6.07, 6.45) is 2.70. The highest BCUT2D eigenvalue weighted by molar-refractivity contribution is 5.27. The number of aliphatic hydroxyl groups is 1. The molecule has 1 aliphatic heterocycles. The average molecular weight is 263 g/mol. The second kappa shape index (κ2) is 6.92. The molecule has 0 saturated carbocycles. The van der Waals surface area contributed by atoms with Crippen LogP contribution >= 0.6 is 0 Å². The molecule has 19 heavy (non-hydrogen) atoms. The van der Waals surface area contributed by atoms with Crippen molar-refractivity contribution in [3.8, 4) is 5.75 Å². The lowest BCUT2D eigenvalue weighted by atomic mass is 9.89. The van der Waals surface area contributed by atoms with Gasteiger partial charge in [0.15, 0.2) is 0 Å². The molecule has 1 heterocycles. The number of piperidine rings is 1. The summed E-state index contributed by atoms with van der Waals surface area (Å²) in [5, 5.41) is 10.1. The summed E-state index contributed by atoms with van der Waals surface area (Å²) in [6.45, 7) is 4.86. The fraction of sp³-hybridized carbons (Fsp3) is 0.625. The molecule has 0 aliphatic carbocycles. The standard InChI is InChI=1S/C16H25NO2/c1-3-10-19-15-6-4-13(5-7-15)11-14-12-17(2)9-8-16(14)18/h4-7,14,16,18H,3,8-12H2,1-2H3. The van der Waals surface area contributed by atoms with E-state index < -0.39 is 0 Å². The number of benzene rings is 1. The third kappa shape index (κ3) is 4.22. The number of nitrogens with zero attached hydrogens (tertiary/aromatic N) is 1. The average Bonchev–Trinajstić information content (AvgIpc) is 2.42. The highest BCUT2D eigenvalue weighted by atomic mass is 16.5. The molecular formula is C16H25NO2. The van der Waals surface area contributed by atoms with Gasteiger partial charge in [0, 0.05) is 19.0 Å². The van der Waals surface area contributed by atoms with Gasteiger partial charge in [0.1, 0.15) is 5.75 Å². The molecule has 1 aliphatic rings. The van der Waals surface area contributed by atoms with E-state index in [-0.39, 0.29) is 6.10 Å². The van der Waals surface area contributed by atoms with E-state index in [1.54, 1.807) is 0 Å². The molecule has 0 bridgehead atoms. The van der Waals surface area contributed by atoms with Gasteiger partial charge in [-0.25, -0.2) is 0 Å². The molecule has 1 aromatic carbocycles. The van der Waals surface area contributed by atoms with Crippen molar-refractivity contribution in [2.45, 2.75) is 32.3 Å². The SMILES string of the molecule is CCCOc1ccc(CC2CN(C)CCC2O)cc1. The monoisotopic (exact) mass is 263 g/mol. The lowest BCUT2D eigenvalue weighted by Gasteiger charge is -2.34. The van der Waals surface area contributed by atoms with Gasteiger partial charge in [0.2, 0.25) is 0 Å². The fourth-order valence-electron chi connectivity index (χ4n) is 2.65. The van der Waals surface area contributed by atoms with Gasteiger partial charge in [-0.1, -0.05) is 19.1 Å². The molecule has 0 spiro atoms. The Morgan fingerprint density at radius 1 is 1.32 bits per heavy atom. The van der Waals surface area contributed by atoms with Gasteiger partial charge in [0.25, 0.3) is 0 Å². The first-order valence-corrected chi connectivity index (χ1v) is 7.27. The summed E-state index contributed by atoms with van der Waals surface area (Å²) in [5.41, 5.74) is 1.28. The molecule has 1 fully saturated rings. The van der Waals surface area contributed by atoms with Crippen LogP contribution in [0.15, 0.2) is 24.3 Å². The van der Waals surface area contributed by atoms with Gasteiger partial charge < -0.3 is 14.7 Å². The zero-order chi connectivity index (χ0) is 13.7. The Morgan fingerprint density at radius 2 is 2.05 bits per heavy atom. The summed E-state index contributed by atoms with van der Waals surface area (Å²) >= 11 is 0. The molecule has 0 aromatic heterocycles. The molecule has 2 atom stereocenters. The molecule has 1 aromatic rings. The van der Waals surface area contributed by atoms with Crippen molar-refractivity contribution in [2.24, 2.45) is 5.92 Å². The highest BCUT2D eigenvalue weighted by Crippen LogP contribution is 2.22. The van der Waals surface area contributed by atoms with Crippen molar-refractivity contribution >= 4 is 0 Å². The fourth-order valence-corrected chi connectivity index (χ4v) is 2.65. The molecule has 1 saturated heterocycles. The minimum Gasteiger partial charge on any atom is -0.494 e. The zero-order valence-electron chi connectivity index (χ0n) is 12.0. The number of hydrogen-bond acceptors (Lipinski definition) is 3. The van der Waals surface area contributed by atoms with Crippen LogP contribution in [0.3, 0.4) is 0 Å². The van der Waals surface area contributed by atoms with E-state index in [1.807, 2.05) is 12.1 Å². The number of rotatable bonds is 5. The van der Waals surface area contributed by atoms with Crippen molar-refractivity contribution in [3.63, 3.8) is 0 Å². The highest BCUT2D eigenvalue weighted by Gasteiger charge is 2.25. The van der Waals surface area contributed by atoms with Gasteiger partial charge >= 0.3 is 0 Å². The van der Waals surface area contributed by atoms with Crippen LogP contribution in [0, 0.1) is 5.92 Å². The quantitative estimate of drug-likeness (QED) is 0.885. The van der Waals surface area contributed by atoms with Gasteiger partial charge in [-0.2, -0.15) is 0 Å². The summed E-state index contributed by atoms with van der Waals surface area (Å²) in [6, 6.07) is 8.30. The molecular weight excluding hydrogens is 238 g/mol. The predicted octanol–water partition coefficient (Wildman–Crippen LogP) is 2.33. The van der Waals surface area contributed by atoms with Crippen LogP contribution in [0.2, 0.25) is 0 Å². The maximum Gasteiger partial charge on any atom is 0.119 e. The van der Waals surface area contributed by atoms with Crippen LogP contribution in [0.25, 0.3) is 0 Å². The van der Waals surface area contributed by atoms with E-state index in [9.17, 15) is 5.11 Å². The number of likely N-dealkylation sites (tertiary alicyclic amines) is 1. The van der Waals surface area contributed by atoms with E-state index >= 15 is 0 Å². The van der Waals surface area contributed by atoms with Crippen molar-refractivity contribution < 1.29 is 9.84 Å². The van der Waals surface area contributed by atoms with E-state index in [4.69, 9.17) is 4.74 Å².